The molecule has 0 atom stereocenters. The molecular weight excluding hydrogens is 202 g/mol. The van der Waals surface area contributed by atoms with Crippen LogP contribution in [0, 0.1) is 0 Å². The Kier molecular flexibility index (Phi) is 2.19. The van der Waals surface area contributed by atoms with Crippen molar-refractivity contribution in [2.24, 2.45) is 0 Å². The summed E-state index contributed by atoms with van der Waals surface area (Å²) in [5, 5.41) is 12.0. The van der Waals surface area contributed by atoms with Crippen molar-refractivity contribution >= 4 is 39.7 Å². The summed E-state index contributed by atoms with van der Waals surface area (Å²) in [4.78, 5) is 0.835. The van der Waals surface area contributed by atoms with E-state index in [9.17, 15) is 0 Å². The molecule has 13 heavy (non-hydrogen) atoms. The summed E-state index contributed by atoms with van der Waals surface area (Å²) in [5.41, 5.74) is 7.30. The van der Waals surface area contributed by atoms with E-state index < -0.39 is 0 Å². The zero-order chi connectivity index (χ0) is 9.42. The molecule has 0 bridgehead atoms. The van der Waals surface area contributed by atoms with Crippen molar-refractivity contribution in [2.75, 3.05) is 5.73 Å². The second-order valence-corrected chi connectivity index (χ2v) is 4.16. The standard InChI is InChI=1S/C9H9NOS2/c10-7-3-5(4-11)8(12)9-6(7)1-2-13-9/h1-3,11-12H,4,10H2. The number of hydrogen-bond donors (Lipinski definition) is 3. The van der Waals surface area contributed by atoms with Gasteiger partial charge in [-0.1, -0.05) is 0 Å². The van der Waals surface area contributed by atoms with Gasteiger partial charge in [-0.3, -0.25) is 0 Å². The van der Waals surface area contributed by atoms with Crippen molar-refractivity contribution in [3.8, 4) is 0 Å². The van der Waals surface area contributed by atoms with Crippen LogP contribution in [0.1, 0.15) is 5.56 Å². The number of hydrogen-bond acceptors (Lipinski definition) is 4. The van der Waals surface area contributed by atoms with E-state index in [1.807, 2.05) is 11.4 Å². The summed E-state index contributed by atoms with van der Waals surface area (Å²) in [6.45, 7) is -0.0170. The number of nitrogen functional groups attached to an aromatic ring is 1. The molecule has 68 valence electrons. The lowest BCUT2D eigenvalue weighted by molar-refractivity contribution is 0.279. The van der Waals surface area contributed by atoms with Crippen molar-refractivity contribution < 1.29 is 5.11 Å². The van der Waals surface area contributed by atoms with Gasteiger partial charge < -0.3 is 10.8 Å². The van der Waals surface area contributed by atoms with E-state index in [1.165, 1.54) is 0 Å². The maximum atomic E-state index is 9.04. The molecule has 1 heterocycles. The molecule has 0 spiro atoms. The highest BCUT2D eigenvalue weighted by Gasteiger charge is 2.07. The van der Waals surface area contributed by atoms with Crippen LogP contribution in [0.15, 0.2) is 22.4 Å². The molecule has 0 amide bonds. The second-order valence-electron chi connectivity index (χ2n) is 2.80. The van der Waals surface area contributed by atoms with E-state index in [2.05, 4.69) is 12.6 Å². The second kappa shape index (κ2) is 3.21. The van der Waals surface area contributed by atoms with Crippen molar-refractivity contribution in [1.82, 2.24) is 0 Å². The molecule has 0 radical (unpaired) electrons. The van der Waals surface area contributed by atoms with Crippen LogP contribution in [0.4, 0.5) is 5.69 Å². The Morgan fingerprint density at radius 3 is 3.00 bits per heavy atom. The summed E-state index contributed by atoms with van der Waals surface area (Å²) in [7, 11) is 0. The van der Waals surface area contributed by atoms with Crippen LogP contribution in [-0.4, -0.2) is 5.11 Å². The van der Waals surface area contributed by atoms with E-state index in [4.69, 9.17) is 10.8 Å². The topological polar surface area (TPSA) is 46.2 Å². The molecule has 1 aromatic carbocycles. The van der Waals surface area contributed by atoms with Crippen molar-refractivity contribution in [3.05, 3.63) is 23.1 Å². The molecule has 0 saturated heterocycles. The predicted molar refractivity (Wildman–Crippen MR) is 59.4 cm³/mol. The highest BCUT2D eigenvalue weighted by molar-refractivity contribution is 7.80. The monoisotopic (exact) mass is 211 g/mol. The number of nitrogens with two attached hydrogens (primary N) is 1. The van der Waals surface area contributed by atoms with Gasteiger partial charge in [0.25, 0.3) is 0 Å². The summed E-state index contributed by atoms with van der Waals surface area (Å²) in [6, 6.07) is 3.74. The van der Waals surface area contributed by atoms with Crippen LogP contribution < -0.4 is 5.73 Å². The third-order valence-corrected chi connectivity index (χ3v) is 3.59. The van der Waals surface area contributed by atoms with Crippen molar-refractivity contribution in [2.45, 2.75) is 11.5 Å². The lowest BCUT2D eigenvalue weighted by atomic mass is 10.1. The maximum Gasteiger partial charge on any atom is 0.0693 e. The van der Waals surface area contributed by atoms with Crippen LogP contribution in [0.2, 0.25) is 0 Å². The van der Waals surface area contributed by atoms with Gasteiger partial charge in [-0.2, -0.15) is 0 Å². The van der Waals surface area contributed by atoms with E-state index in [0.717, 1.165) is 20.5 Å². The Morgan fingerprint density at radius 2 is 2.31 bits per heavy atom. The average molecular weight is 211 g/mol. The lowest BCUT2D eigenvalue weighted by Gasteiger charge is -2.05. The Hall–Kier alpha value is -0.710. The fraction of sp³-hybridized carbons (Fsp3) is 0.111. The number of thiophene rings is 1. The summed E-state index contributed by atoms with van der Waals surface area (Å²) >= 11 is 5.94. The highest BCUT2D eigenvalue weighted by atomic mass is 32.1. The molecule has 0 unspecified atom stereocenters. The summed E-state index contributed by atoms with van der Waals surface area (Å²) in [5.74, 6) is 0. The fourth-order valence-electron chi connectivity index (χ4n) is 1.32. The molecule has 0 aliphatic carbocycles. The van der Waals surface area contributed by atoms with Gasteiger partial charge in [-0.25, -0.2) is 0 Å². The Bertz CT molecular complexity index is 450. The fourth-order valence-corrected chi connectivity index (χ4v) is 2.63. The van der Waals surface area contributed by atoms with Crippen LogP contribution in [-0.2, 0) is 6.61 Å². The highest BCUT2D eigenvalue weighted by Crippen LogP contribution is 2.34. The zero-order valence-corrected chi connectivity index (χ0v) is 8.53. The van der Waals surface area contributed by atoms with E-state index in [0.29, 0.717) is 5.69 Å². The van der Waals surface area contributed by atoms with Gasteiger partial charge in [0.1, 0.15) is 0 Å². The molecule has 3 N–H and O–H groups in total. The van der Waals surface area contributed by atoms with Crippen LogP contribution in [0.25, 0.3) is 10.1 Å². The van der Waals surface area contributed by atoms with Crippen LogP contribution in [0.3, 0.4) is 0 Å². The molecule has 4 heteroatoms. The largest absolute Gasteiger partial charge is 0.398 e. The quantitative estimate of drug-likeness (QED) is 0.500. The Balaban J connectivity index is 2.85. The third kappa shape index (κ3) is 1.31. The number of thiol groups is 1. The Labute approximate surface area is 85.4 Å². The van der Waals surface area contributed by atoms with E-state index >= 15 is 0 Å². The molecule has 2 aromatic rings. The molecule has 2 nitrogen and oxygen atoms in total. The smallest absolute Gasteiger partial charge is 0.0693 e. The first-order chi connectivity index (χ1) is 6.24. The third-order valence-electron chi connectivity index (χ3n) is 2.00. The molecule has 2 rings (SSSR count). The van der Waals surface area contributed by atoms with Crippen molar-refractivity contribution in [3.63, 3.8) is 0 Å². The van der Waals surface area contributed by atoms with Crippen molar-refractivity contribution in [1.29, 1.82) is 0 Å². The summed E-state index contributed by atoms with van der Waals surface area (Å²) < 4.78 is 1.05. The first kappa shape index (κ1) is 8.87. The Morgan fingerprint density at radius 1 is 1.54 bits per heavy atom. The lowest BCUT2D eigenvalue weighted by Crippen LogP contribution is -1.91. The van der Waals surface area contributed by atoms with Gasteiger partial charge in [0.15, 0.2) is 0 Å². The minimum Gasteiger partial charge on any atom is -0.398 e. The number of anilines is 1. The first-order valence-corrected chi connectivity index (χ1v) is 5.15. The minimum absolute atomic E-state index is 0.0170. The number of aliphatic hydroxyl groups is 1. The predicted octanol–water partition coefficient (Wildman–Crippen LogP) is 2.26. The van der Waals surface area contributed by atoms with Gasteiger partial charge in [-0.15, -0.1) is 24.0 Å². The zero-order valence-electron chi connectivity index (χ0n) is 6.82. The number of aliphatic hydroxyl groups excluding tert-OH is 1. The molecule has 0 aliphatic rings. The van der Waals surface area contributed by atoms with Crippen LogP contribution in [0.5, 0.6) is 0 Å². The molecule has 0 fully saturated rings. The number of rotatable bonds is 1. The molecule has 0 saturated carbocycles. The van der Waals surface area contributed by atoms with E-state index in [1.54, 1.807) is 17.4 Å². The minimum atomic E-state index is -0.0170. The van der Waals surface area contributed by atoms with Gasteiger partial charge in [-0.05, 0) is 23.1 Å². The number of fused-ring (bicyclic) bond motifs is 1. The van der Waals surface area contributed by atoms with Gasteiger partial charge in [0.05, 0.1) is 6.61 Å². The summed E-state index contributed by atoms with van der Waals surface area (Å²) in [6.07, 6.45) is 0. The maximum absolute atomic E-state index is 9.04. The number of benzene rings is 1. The average Bonchev–Trinajstić information content (AvgIpc) is 2.60. The normalized spacial score (nSPS) is 10.9. The van der Waals surface area contributed by atoms with E-state index in [-0.39, 0.29) is 6.61 Å². The van der Waals surface area contributed by atoms with Gasteiger partial charge in [0.2, 0.25) is 0 Å². The molecule has 0 aliphatic heterocycles. The van der Waals surface area contributed by atoms with Gasteiger partial charge in [0, 0.05) is 20.7 Å². The molecule has 1 aromatic heterocycles. The first-order valence-electron chi connectivity index (χ1n) is 3.82. The van der Waals surface area contributed by atoms with Gasteiger partial charge >= 0.3 is 0 Å². The molecular formula is C9H9NOS2. The SMILES string of the molecule is Nc1cc(CO)c(S)c2sccc12. The van der Waals surface area contributed by atoms with Crippen LogP contribution >= 0.6 is 24.0 Å².